The smallest absolute Gasteiger partial charge is 0.161 e. The molecule has 0 spiro atoms. The zero-order valence-corrected chi connectivity index (χ0v) is 9.85. The number of aromatic amines is 1. The van der Waals surface area contributed by atoms with Crippen molar-refractivity contribution < 1.29 is 0 Å². The van der Waals surface area contributed by atoms with Gasteiger partial charge in [-0.25, -0.2) is 9.97 Å². The predicted octanol–water partition coefficient (Wildman–Crippen LogP) is 0.541. The highest BCUT2D eigenvalue weighted by Gasteiger charge is 2.21. The van der Waals surface area contributed by atoms with Crippen molar-refractivity contribution in [1.82, 2.24) is 25.5 Å². The molecule has 0 unspecified atom stereocenters. The van der Waals surface area contributed by atoms with E-state index in [0.717, 1.165) is 29.9 Å². The lowest BCUT2D eigenvalue weighted by Crippen LogP contribution is -2.44. The van der Waals surface area contributed by atoms with E-state index in [1.807, 2.05) is 6.20 Å². The van der Waals surface area contributed by atoms with Crippen LogP contribution in [-0.4, -0.2) is 46.3 Å². The molecule has 3 heterocycles. The largest absolute Gasteiger partial charge is 0.353 e. The Kier molecular flexibility index (Phi) is 2.64. The fourth-order valence-corrected chi connectivity index (χ4v) is 2.35. The quantitative estimate of drug-likeness (QED) is 0.791. The SMILES string of the molecule is CN(c1n[nH]c2ncncc12)[C@@H]1CCCNC1. The summed E-state index contributed by atoms with van der Waals surface area (Å²) in [5.74, 6) is 0.939. The number of likely N-dealkylation sites (N-methyl/N-ethyl adjacent to an activating group) is 1. The highest BCUT2D eigenvalue weighted by molar-refractivity contribution is 5.86. The first-order chi connectivity index (χ1) is 8.36. The molecule has 6 nitrogen and oxygen atoms in total. The van der Waals surface area contributed by atoms with Crippen molar-refractivity contribution in [3.8, 4) is 0 Å². The maximum atomic E-state index is 4.34. The van der Waals surface area contributed by atoms with Gasteiger partial charge in [0.1, 0.15) is 6.33 Å². The summed E-state index contributed by atoms with van der Waals surface area (Å²) in [5, 5.41) is 11.7. The molecular formula is C11H16N6. The van der Waals surface area contributed by atoms with Gasteiger partial charge in [-0.05, 0) is 19.4 Å². The molecule has 2 aromatic rings. The van der Waals surface area contributed by atoms with Crippen molar-refractivity contribution in [2.75, 3.05) is 25.0 Å². The average molecular weight is 232 g/mol. The second kappa shape index (κ2) is 4.29. The number of nitrogens with one attached hydrogen (secondary N) is 2. The Balaban J connectivity index is 1.92. The number of H-pyrrole nitrogens is 1. The van der Waals surface area contributed by atoms with Gasteiger partial charge in [-0.2, -0.15) is 5.10 Å². The first-order valence-electron chi connectivity index (χ1n) is 5.94. The molecule has 6 heteroatoms. The summed E-state index contributed by atoms with van der Waals surface area (Å²) in [6, 6.07) is 0.496. The van der Waals surface area contributed by atoms with E-state index in [2.05, 4.69) is 37.4 Å². The van der Waals surface area contributed by atoms with Crippen LogP contribution < -0.4 is 10.2 Å². The first kappa shape index (κ1) is 10.5. The molecule has 2 N–H and O–H groups in total. The molecule has 1 fully saturated rings. The summed E-state index contributed by atoms with van der Waals surface area (Å²) < 4.78 is 0. The minimum atomic E-state index is 0.496. The third-order valence-corrected chi connectivity index (χ3v) is 3.37. The molecule has 1 aliphatic rings. The van der Waals surface area contributed by atoms with Crippen molar-refractivity contribution in [3.05, 3.63) is 12.5 Å². The molecule has 0 aliphatic carbocycles. The van der Waals surface area contributed by atoms with Crippen LogP contribution in [0.1, 0.15) is 12.8 Å². The summed E-state index contributed by atoms with van der Waals surface area (Å²) in [6.45, 7) is 2.13. The Morgan fingerprint density at radius 1 is 1.47 bits per heavy atom. The van der Waals surface area contributed by atoms with E-state index in [4.69, 9.17) is 0 Å². The van der Waals surface area contributed by atoms with Crippen molar-refractivity contribution in [2.24, 2.45) is 0 Å². The molecule has 0 bridgehead atoms. The van der Waals surface area contributed by atoms with E-state index in [-0.39, 0.29) is 0 Å². The van der Waals surface area contributed by atoms with Gasteiger partial charge < -0.3 is 10.2 Å². The van der Waals surface area contributed by atoms with Gasteiger partial charge in [-0.15, -0.1) is 0 Å². The third-order valence-electron chi connectivity index (χ3n) is 3.37. The van der Waals surface area contributed by atoms with E-state index < -0.39 is 0 Å². The van der Waals surface area contributed by atoms with Gasteiger partial charge in [-0.3, -0.25) is 5.10 Å². The Bertz CT molecular complexity index is 501. The van der Waals surface area contributed by atoms with E-state index in [9.17, 15) is 0 Å². The number of fused-ring (bicyclic) bond motifs is 1. The lowest BCUT2D eigenvalue weighted by Gasteiger charge is -2.31. The second-order valence-electron chi connectivity index (χ2n) is 4.44. The van der Waals surface area contributed by atoms with Crippen LogP contribution in [0.25, 0.3) is 11.0 Å². The topological polar surface area (TPSA) is 69.7 Å². The Morgan fingerprint density at radius 3 is 3.24 bits per heavy atom. The fraction of sp³-hybridized carbons (Fsp3) is 0.545. The molecular weight excluding hydrogens is 216 g/mol. The maximum Gasteiger partial charge on any atom is 0.161 e. The van der Waals surface area contributed by atoms with E-state index in [0.29, 0.717) is 6.04 Å². The lowest BCUT2D eigenvalue weighted by atomic mass is 10.1. The van der Waals surface area contributed by atoms with Gasteiger partial charge in [0, 0.05) is 25.8 Å². The summed E-state index contributed by atoms with van der Waals surface area (Å²) in [5.41, 5.74) is 0.797. The van der Waals surface area contributed by atoms with E-state index >= 15 is 0 Å². The fourth-order valence-electron chi connectivity index (χ4n) is 2.35. The Morgan fingerprint density at radius 2 is 2.41 bits per heavy atom. The molecule has 90 valence electrons. The van der Waals surface area contributed by atoms with Crippen LogP contribution in [-0.2, 0) is 0 Å². The normalized spacial score (nSPS) is 20.6. The molecule has 17 heavy (non-hydrogen) atoms. The predicted molar refractivity (Wildman–Crippen MR) is 66.0 cm³/mol. The average Bonchev–Trinajstić information content (AvgIpc) is 2.83. The molecule has 1 atom stereocenters. The van der Waals surface area contributed by atoms with Crippen LogP contribution in [0.15, 0.2) is 12.5 Å². The molecule has 1 aliphatic heterocycles. The second-order valence-corrected chi connectivity index (χ2v) is 4.44. The molecule has 0 aromatic carbocycles. The van der Waals surface area contributed by atoms with Crippen molar-refractivity contribution in [2.45, 2.75) is 18.9 Å². The highest BCUT2D eigenvalue weighted by atomic mass is 15.3. The van der Waals surface area contributed by atoms with Crippen LogP contribution in [0.2, 0.25) is 0 Å². The molecule has 0 radical (unpaired) electrons. The molecule has 0 saturated carbocycles. The van der Waals surface area contributed by atoms with Crippen molar-refractivity contribution >= 4 is 16.9 Å². The van der Waals surface area contributed by atoms with Gasteiger partial charge >= 0.3 is 0 Å². The molecule has 0 amide bonds. The molecule has 2 aromatic heterocycles. The summed E-state index contributed by atoms with van der Waals surface area (Å²) in [4.78, 5) is 10.4. The number of hydrogen-bond donors (Lipinski definition) is 2. The van der Waals surface area contributed by atoms with Gasteiger partial charge in [0.15, 0.2) is 11.5 Å². The number of rotatable bonds is 2. The number of anilines is 1. The van der Waals surface area contributed by atoms with E-state index in [1.165, 1.54) is 19.2 Å². The standard InChI is InChI=1S/C11H16N6/c1-17(8-3-2-4-12-5-8)11-9-6-13-7-14-10(9)15-16-11/h6-8,12H,2-5H2,1H3,(H,13,14,15,16)/t8-/m1/s1. The van der Waals surface area contributed by atoms with Crippen LogP contribution >= 0.6 is 0 Å². The first-order valence-corrected chi connectivity index (χ1v) is 5.94. The van der Waals surface area contributed by atoms with Crippen LogP contribution in [0.5, 0.6) is 0 Å². The van der Waals surface area contributed by atoms with Crippen molar-refractivity contribution in [1.29, 1.82) is 0 Å². The van der Waals surface area contributed by atoms with Gasteiger partial charge in [0.05, 0.1) is 5.39 Å². The summed E-state index contributed by atoms with van der Waals surface area (Å²) in [7, 11) is 2.08. The summed E-state index contributed by atoms with van der Waals surface area (Å²) >= 11 is 0. The minimum absolute atomic E-state index is 0.496. The number of piperidine rings is 1. The molecule has 3 rings (SSSR count). The van der Waals surface area contributed by atoms with Crippen LogP contribution in [0.3, 0.4) is 0 Å². The third kappa shape index (κ3) is 1.84. The number of hydrogen-bond acceptors (Lipinski definition) is 5. The zero-order chi connectivity index (χ0) is 11.7. The van der Waals surface area contributed by atoms with Gasteiger partial charge in [0.25, 0.3) is 0 Å². The maximum absolute atomic E-state index is 4.34. The Hall–Kier alpha value is -1.69. The van der Waals surface area contributed by atoms with Crippen LogP contribution in [0.4, 0.5) is 5.82 Å². The summed E-state index contributed by atoms with van der Waals surface area (Å²) in [6.07, 6.45) is 5.76. The molecule has 1 saturated heterocycles. The number of aromatic nitrogens is 4. The van der Waals surface area contributed by atoms with E-state index in [1.54, 1.807) is 0 Å². The monoisotopic (exact) mass is 232 g/mol. The Labute approximate surface area is 99.4 Å². The lowest BCUT2D eigenvalue weighted by molar-refractivity contribution is 0.443. The van der Waals surface area contributed by atoms with Gasteiger partial charge in [-0.1, -0.05) is 0 Å². The van der Waals surface area contributed by atoms with Crippen LogP contribution in [0, 0.1) is 0 Å². The van der Waals surface area contributed by atoms with Crippen molar-refractivity contribution in [3.63, 3.8) is 0 Å². The van der Waals surface area contributed by atoms with Gasteiger partial charge in [0.2, 0.25) is 0 Å². The highest BCUT2D eigenvalue weighted by Crippen LogP contribution is 2.23. The zero-order valence-electron chi connectivity index (χ0n) is 9.85. The number of nitrogens with zero attached hydrogens (tertiary/aromatic N) is 4. The minimum Gasteiger partial charge on any atom is -0.353 e.